The molecule has 2 N–H and O–H groups in total. The van der Waals surface area contributed by atoms with Crippen molar-refractivity contribution in [1.29, 1.82) is 0 Å². The van der Waals surface area contributed by atoms with Crippen LogP contribution in [0, 0.1) is 6.92 Å². The van der Waals surface area contributed by atoms with E-state index in [4.69, 9.17) is 4.74 Å². The number of morpholine rings is 1. The van der Waals surface area contributed by atoms with Crippen LogP contribution in [-0.2, 0) is 20.9 Å². The monoisotopic (exact) mass is 414 g/mol. The third-order valence-electron chi connectivity index (χ3n) is 4.44. The Morgan fingerprint density at radius 1 is 1.07 bits per heavy atom. The average molecular weight is 415 g/mol. The van der Waals surface area contributed by atoms with Crippen molar-refractivity contribution in [2.24, 2.45) is 0 Å². The number of amides is 2. The van der Waals surface area contributed by atoms with Crippen LogP contribution < -0.4 is 15.5 Å². The van der Waals surface area contributed by atoms with E-state index < -0.39 is 0 Å². The molecule has 2 amide bonds. The largest absolute Gasteiger partial charge is 0.378 e. The predicted octanol–water partition coefficient (Wildman–Crippen LogP) is 2.21. The summed E-state index contributed by atoms with van der Waals surface area (Å²) in [6.07, 6.45) is 1.78. The normalized spacial score (nSPS) is 13.8. The number of benzene rings is 1. The maximum Gasteiger partial charge on any atom is 0.234 e. The number of anilines is 2. The number of rotatable bonds is 8. The fourth-order valence-electron chi connectivity index (χ4n) is 2.82. The molecule has 0 saturated carbocycles. The highest BCUT2D eigenvalue weighted by Crippen LogP contribution is 2.13. The predicted molar refractivity (Wildman–Crippen MR) is 116 cm³/mol. The number of aromatic nitrogens is 1. The number of aryl methyl sites for hydroxylation is 1. The molecule has 3 rings (SSSR count). The maximum absolute atomic E-state index is 12.0. The lowest BCUT2D eigenvalue weighted by Crippen LogP contribution is -2.36. The molecule has 1 saturated heterocycles. The molecule has 0 radical (unpaired) electrons. The van der Waals surface area contributed by atoms with Crippen molar-refractivity contribution in [3.05, 3.63) is 53.7 Å². The van der Waals surface area contributed by atoms with E-state index in [1.165, 1.54) is 11.8 Å². The molecule has 0 spiro atoms. The van der Waals surface area contributed by atoms with Crippen LogP contribution in [0.25, 0.3) is 0 Å². The number of carbonyl (C=O) groups excluding carboxylic acids is 2. The van der Waals surface area contributed by atoms with E-state index in [1.54, 1.807) is 6.20 Å². The molecule has 1 aromatic heterocycles. The zero-order chi connectivity index (χ0) is 20.5. The molecule has 1 fully saturated rings. The highest BCUT2D eigenvalue weighted by Gasteiger charge is 2.12. The molecule has 0 bridgehead atoms. The first-order chi connectivity index (χ1) is 14.1. The Bertz CT molecular complexity index is 806. The van der Waals surface area contributed by atoms with Gasteiger partial charge in [0.15, 0.2) is 0 Å². The SMILES string of the molecule is Cc1ccc(NC(=O)CSCC(=O)NCc2ccc(N3CCOCC3)nc2)cc1. The van der Waals surface area contributed by atoms with Gasteiger partial charge in [-0.05, 0) is 30.7 Å². The minimum atomic E-state index is -0.116. The topological polar surface area (TPSA) is 83.6 Å². The molecule has 8 heteroatoms. The molecule has 29 heavy (non-hydrogen) atoms. The minimum Gasteiger partial charge on any atom is -0.378 e. The van der Waals surface area contributed by atoms with E-state index in [2.05, 4.69) is 20.5 Å². The van der Waals surface area contributed by atoms with E-state index in [1.807, 2.05) is 43.3 Å². The molecule has 1 aromatic carbocycles. The van der Waals surface area contributed by atoms with Crippen LogP contribution in [0.3, 0.4) is 0 Å². The summed E-state index contributed by atoms with van der Waals surface area (Å²) >= 11 is 1.29. The van der Waals surface area contributed by atoms with Crippen LogP contribution in [0.5, 0.6) is 0 Å². The molecule has 2 heterocycles. The zero-order valence-corrected chi connectivity index (χ0v) is 17.3. The third-order valence-corrected chi connectivity index (χ3v) is 5.37. The summed E-state index contributed by atoms with van der Waals surface area (Å²) in [5, 5.41) is 5.68. The molecule has 0 unspecified atom stereocenters. The van der Waals surface area contributed by atoms with Crippen molar-refractivity contribution < 1.29 is 14.3 Å². The lowest BCUT2D eigenvalue weighted by atomic mass is 10.2. The summed E-state index contributed by atoms with van der Waals surface area (Å²) in [7, 11) is 0. The number of carbonyl (C=O) groups is 2. The van der Waals surface area contributed by atoms with E-state index >= 15 is 0 Å². The van der Waals surface area contributed by atoms with Crippen molar-refractivity contribution in [3.8, 4) is 0 Å². The Balaban J connectivity index is 1.33. The number of nitrogens with one attached hydrogen (secondary N) is 2. The fourth-order valence-corrected chi connectivity index (χ4v) is 3.47. The summed E-state index contributed by atoms with van der Waals surface area (Å²) in [4.78, 5) is 30.6. The molecule has 0 aliphatic carbocycles. The summed E-state index contributed by atoms with van der Waals surface area (Å²) in [5.41, 5.74) is 2.84. The Morgan fingerprint density at radius 3 is 2.48 bits per heavy atom. The van der Waals surface area contributed by atoms with E-state index in [0.717, 1.165) is 48.9 Å². The van der Waals surface area contributed by atoms with Crippen molar-refractivity contribution >= 4 is 35.1 Å². The average Bonchev–Trinajstić information content (AvgIpc) is 2.75. The molecule has 1 aliphatic rings. The summed E-state index contributed by atoms with van der Waals surface area (Å²) in [6.45, 7) is 5.55. The second-order valence-electron chi connectivity index (χ2n) is 6.81. The fraction of sp³-hybridized carbons (Fsp3) is 0.381. The molecule has 2 aromatic rings. The van der Waals surface area contributed by atoms with Gasteiger partial charge in [0.1, 0.15) is 5.82 Å². The number of ether oxygens (including phenoxy) is 1. The first-order valence-corrected chi connectivity index (χ1v) is 10.7. The van der Waals surface area contributed by atoms with Crippen LogP contribution in [0.4, 0.5) is 11.5 Å². The Kier molecular flexibility index (Phi) is 7.89. The quantitative estimate of drug-likeness (QED) is 0.689. The van der Waals surface area contributed by atoms with Gasteiger partial charge in [0.25, 0.3) is 0 Å². The van der Waals surface area contributed by atoms with Crippen molar-refractivity contribution in [1.82, 2.24) is 10.3 Å². The number of pyridine rings is 1. The molecule has 154 valence electrons. The number of hydrogen-bond donors (Lipinski definition) is 2. The van der Waals surface area contributed by atoms with E-state index in [0.29, 0.717) is 6.54 Å². The van der Waals surface area contributed by atoms with Crippen molar-refractivity contribution in [2.45, 2.75) is 13.5 Å². The lowest BCUT2D eigenvalue weighted by Gasteiger charge is -2.27. The van der Waals surface area contributed by atoms with Gasteiger partial charge >= 0.3 is 0 Å². The van der Waals surface area contributed by atoms with Gasteiger partial charge in [-0.15, -0.1) is 11.8 Å². The molecular weight excluding hydrogens is 388 g/mol. The lowest BCUT2D eigenvalue weighted by molar-refractivity contribution is -0.118. The standard InChI is InChI=1S/C21H26N4O3S/c1-16-2-5-18(6-3-16)24-21(27)15-29-14-20(26)23-13-17-4-7-19(22-12-17)25-8-10-28-11-9-25/h2-7,12H,8-11,13-15H2,1H3,(H,23,26)(H,24,27). The molecular formula is C21H26N4O3S. The summed E-state index contributed by atoms with van der Waals surface area (Å²) < 4.78 is 5.35. The Labute approximate surface area is 175 Å². The Morgan fingerprint density at radius 2 is 1.79 bits per heavy atom. The van der Waals surface area contributed by atoms with Gasteiger partial charge in [-0.1, -0.05) is 23.8 Å². The zero-order valence-electron chi connectivity index (χ0n) is 16.5. The first kappa shape index (κ1) is 21.1. The van der Waals surface area contributed by atoms with Crippen LogP contribution in [0.2, 0.25) is 0 Å². The van der Waals surface area contributed by atoms with Crippen molar-refractivity contribution in [2.75, 3.05) is 48.0 Å². The number of nitrogens with zero attached hydrogens (tertiary/aromatic N) is 2. The second-order valence-corrected chi connectivity index (χ2v) is 7.79. The molecule has 7 nitrogen and oxygen atoms in total. The number of hydrogen-bond acceptors (Lipinski definition) is 6. The van der Waals surface area contributed by atoms with Gasteiger partial charge in [0.2, 0.25) is 11.8 Å². The minimum absolute atomic E-state index is 0.101. The third kappa shape index (κ3) is 7.07. The first-order valence-electron chi connectivity index (χ1n) is 9.59. The van der Waals surface area contributed by atoms with Gasteiger partial charge in [0, 0.05) is 31.5 Å². The van der Waals surface area contributed by atoms with E-state index in [-0.39, 0.29) is 23.3 Å². The van der Waals surface area contributed by atoms with Crippen LogP contribution in [0.1, 0.15) is 11.1 Å². The second kappa shape index (κ2) is 10.8. The van der Waals surface area contributed by atoms with Gasteiger partial charge in [-0.2, -0.15) is 0 Å². The summed E-state index contributed by atoms with van der Waals surface area (Å²) in [6, 6.07) is 11.6. The maximum atomic E-state index is 12.0. The highest BCUT2D eigenvalue weighted by atomic mass is 32.2. The van der Waals surface area contributed by atoms with Crippen LogP contribution in [0.15, 0.2) is 42.6 Å². The molecule has 0 atom stereocenters. The Hall–Kier alpha value is -2.58. The van der Waals surface area contributed by atoms with Crippen LogP contribution >= 0.6 is 11.8 Å². The van der Waals surface area contributed by atoms with E-state index in [9.17, 15) is 9.59 Å². The highest BCUT2D eigenvalue weighted by molar-refractivity contribution is 8.00. The number of thioether (sulfide) groups is 1. The van der Waals surface area contributed by atoms with Gasteiger partial charge in [-0.25, -0.2) is 4.98 Å². The van der Waals surface area contributed by atoms with Crippen LogP contribution in [-0.4, -0.2) is 54.6 Å². The summed E-state index contributed by atoms with van der Waals surface area (Å²) in [5.74, 6) is 1.18. The van der Waals surface area contributed by atoms with Crippen molar-refractivity contribution in [3.63, 3.8) is 0 Å². The van der Waals surface area contributed by atoms with Gasteiger partial charge in [0.05, 0.1) is 24.7 Å². The van der Waals surface area contributed by atoms with Gasteiger partial charge in [-0.3, -0.25) is 9.59 Å². The molecule has 1 aliphatic heterocycles. The van der Waals surface area contributed by atoms with Gasteiger partial charge < -0.3 is 20.3 Å². The smallest absolute Gasteiger partial charge is 0.234 e.